The molecule has 2 aliphatic heterocycles. The van der Waals surface area contributed by atoms with Gasteiger partial charge in [-0.05, 0) is 102 Å². The molecule has 2 saturated carbocycles. The first-order valence-electron chi connectivity index (χ1n) is 23.1. The Labute approximate surface area is 381 Å². The number of H-pyrrole nitrogens is 2. The molecule has 1 spiro atoms. The minimum absolute atomic E-state index is 0.00883. The SMILES string of the molecule is CCC12CCC1N(C(=O)C(NC(=O)OC)C(C)C)C2c1nc2ccc(-c3ccc4c(c3)C(F)(F)c3cc(-c5cnc(C6CC7(CC7)CN6C(=O)C(NC(=O)OC)C(C)C)[nH]5)ccc3-4)cc2[nH]1. The topological polar surface area (TPSA) is 175 Å². The van der Waals surface area contributed by atoms with Crippen LogP contribution in [-0.4, -0.2) is 92.6 Å². The Hall–Kier alpha value is -6.32. The number of carbonyl (C=O) groups excluding carboxylic acids is 4. The predicted octanol–water partition coefficient (Wildman–Crippen LogP) is 9.00. The van der Waals surface area contributed by atoms with Crippen LogP contribution >= 0.6 is 0 Å². The first-order chi connectivity index (χ1) is 31.5. The third-order valence-electron chi connectivity index (χ3n) is 15.5. The first kappa shape index (κ1) is 43.6. The predicted molar refractivity (Wildman–Crippen MR) is 242 cm³/mol. The number of fused-ring (bicyclic) bond motifs is 5. The minimum Gasteiger partial charge on any atom is -0.453 e. The van der Waals surface area contributed by atoms with Gasteiger partial charge in [0.2, 0.25) is 11.8 Å². The number of ether oxygens (including phenoxy) is 2. The van der Waals surface area contributed by atoms with Crippen LogP contribution in [0.25, 0.3) is 44.5 Å². The van der Waals surface area contributed by atoms with Gasteiger partial charge >= 0.3 is 12.2 Å². The molecule has 4 heterocycles. The number of nitrogens with one attached hydrogen (secondary N) is 4. The summed E-state index contributed by atoms with van der Waals surface area (Å²) in [5.74, 6) is -2.77. The van der Waals surface area contributed by atoms with Gasteiger partial charge in [0.15, 0.2) is 0 Å². The highest BCUT2D eigenvalue weighted by molar-refractivity contribution is 5.90. The number of alkyl carbamates (subject to hydrolysis) is 2. The summed E-state index contributed by atoms with van der Waals surface area (Å²) in [6.45, 7) is 10.2. The fourth-order valence-electron chi connectivity index (χ4n) is 11.4. The summed E-state index contributed by atoms with van der Waals surface area (Å²) in [7, 11) is 2.54. The standard InChI is InChI=1S/C50H56F2N8O6/c1-8-49-16-15-38(49)60(45(62)40(26(4)5)58-47(64)66-7)41(49)43-54-34-14-11-28(21-35(34)55-43)27-9-12-30-31-13-10-29(20-33(31)50(51,52)32(30)19-27)36-23-53-42(56-36)37-22-48(17-18-48)24-59(37)44(61)39(25(2)3)57-46(63)65-6/h9-14,19-21,23,25-26,37-41H,8,15-18,22,24H2,1-7H3,(H,53,56)(H,54,55)(H,57,63)(H,58,64). The summed E-state index contributed by atoms with van der Waals surface area (Å²) in [6.07, 6.45) is 5.73. The lowest BCUT2D eigenvalue weighted by atomic mass is 9.50. The summed E-state index contributed by atoms with van der Waals surface area (Å²) in [4.78, 5) is 72.7. The molecular formula is C50H56F2N8O6. The molecule has 5 aromatic rings. The Kier molecular flexibility index (Phi) is 10.3. The number of halogens is 2. The van der Waals surface area contributed by atoms with Crippen molar-refractivity contribution in [2.75, 3.05) is 20.8 Å². The summed E-state index contributed by atoms with van der Waals surface area (Å²) < 4.78 is 43.1. The normalized spacial score (nSPS) is 23.7. The van der Waals surface area contributed by atoms with Crippen molar-refractivity contribution in [2.24, 2.45) is 22.7 Å². The fraction of sp³-hybridized carbons (Fsp3) is 0.480. The van der Waals surface area contributed by atoms with Crippen LogP contribution in [0.15, 0.2) is 60.8 Å². The van der Waals surface area contributed by atoms with E-state index in [4.69, 9.17) is 19.4 Å². The summed E-state index contributed by atoms with van der Waals surface area (Å²) in [6, 6.07) is 13.8. The third kappa shape index (κ3) is 6.75. The van der Waals surface area contributed by atoms with Crippen LogP contribution in [0.4, 0.5) is 18.4 Å². The number of alkyl halides is 2. The lowest BCUT2D eigenvalue weighted by Crippen LogP contribution is -2.75. The van der Waals surface area contributed by atoms with Gasteiger partial charge in [-0.3, -0.25) is 9.59 Å². The quantitative estimate of drug-likeness (QED) is 0.102. The molecule has 16 heteroatoms. The van der Waals surface area contributed by atoms with Crippen LogP contribution in [0.2, 0.25) is 0 Å². The number of likely N-dealkylation sites (tertiary alicyclic amines) is 2. The highest BCUT2D eigenvalue weighted by Crippen LogP contribution is 2.66. The number of nitrogens with zero attached hydrogens (tertiary/aromatic N) is 4. The van der Waals surface area contributed by atoms with E-state index in [0.717, 1.165) is 49.6 Å². The second-order valence-electron chi connectivity index (χ2n) is 19.8. The average molecular weight is 903 g/mol. The molecule has 66 heavy (non-hydrogen) atoms. The molecule has 10 rings (SSSR count). The Morgan fingerprint density at radius 1 is 0.803 bits per heavy atom. The van der Waals surface area contributed by atoms with Crippen molar-refractivity contribution in [1.29, 1.82) is 0 Å². The zero-order chi connectivity index (χ0) is 46.6. The number of aromatic amines is 2. The molecule has 2 aromatic heterocycles. The summed E-state index contributed by atoms with van der Waals surface area (Å²) in [5, 5.41) is 5.44. The third-order valence-corrected chi connectivity index (χ3v) is 15.5. The molecule has 5 aliphatic rings. The van der Waals surface area contributed by atoms with Gasteiger partial charge in [0, 0.05) is 34.7 Å². The molecule has 14 nitrogen and oxygen atoms in total. The average Bonchev–Trinajstić information content (AvgIpc) is 3.61. The molecular weight excluding hydrogens is 847 g/mol. The molecule has 4 N–H and O–H groups in total. The number of piperidine rings is 1. The maximum Gasteiger partial charge on any atom is 0.407 e. The number of methoxy groups -OCH3 is 2. The van der Waals surface area contributed by atoms with Gasteiger partial charge in [-0.15, -0.1) is 0 Å². The van der Waals surface area contributed by atoms with E-state index in [0.29, 0.717) is 51.7 Å². The van der Waals surface area contributed by atoms with Crippen molar-refractivity contribution in [3.05, 3.63) is 83.6 Å². The molecule has 4 amide bonds. The van der Waals surface area contributed by atoms with Crippen LogP contribution in [0.3, 0.4) is 0 Å². The van der Waals surface area contributed by atoms with Crippen molar-refractivity contribution in [1.82, 2.24) is 40.4 Å². The largest absolute Gasteiger partial charge is 0.453 e. The molecule has 3 aromatic carbocycles. The highest BCUT2D eigenvalue weighted by atomic mass is 19.3. The van der Waals surface area contributed by atoms with E-state index in [2.05, 4.69) is 27.5 Å². The second-order valence-corrected chi connectivity index (χ2v) is 19.8. The highest BCUT2D eigenvalue weighted by Gasteiger charge is 2.68. The van der Waals surface area contributed by atoms with Crippen molar-refractivity contribution in [3.63, 3.8) is 0 Å². The van der Waals surface area contributed by atoms with E-state index in [-0.39, 0.29) is 63.7 Å². The Bertz CT molecular complexity index is 2790. The van der Waals surface area contributed by atoms with Gasteiger partial charge in [0.25, 0.3) is 5.92 Å². The van der Waals surface area contributed by atoms with Crippen LogP contribution in [-0.2, 0) is 25.0 Å². The van der Waals surface area contributed by atoms with Crippen LogP contribution in [0, 0.1) is 22.7 Å². The molecule has 0 radical (unpaired) electrons. The summed E-state index contributed by atoms with van der Waals surface area (Å²) >= 11 is 0. The number of hydrogen-bond acceptors (Lipinski definition) is 8. The van der Waals surface area contributed by atoms with E-state index < -0.39 is 30.2 Å². The lowest BCUT2D eigenvalue weighted by Gasteiger charge is -2.70. The van der Waals surface area contributed by atoms with Crippen molar-refractivity contribution in [3.8, 4) is 33.5 Å². The number of imidazole rings is 2. The van der Waals surface area contributed by atoms with Gasteiger partial charge in [-0.25, -0.2) is 19.6 Å². The number of carbonyl (C=O) groups is 4. The Morgan fingerprint density at radius 2 is 1.41 bits per heavy atom. The molecule has 2 saturated heterocycles. The smallest absolute Gasteiger partial charge is 0.407 e. The monoisotopic (exact) mass is 902 g/mol. The van der Waals surface area contributed by atoms with Crippen molar-refractivity contribution >= 4 is 35.0 Å². The molecule has 3 aliphatic carbocycles. The van der Waals surface area contributed by atoms with Crippen molar-refractivity contribution in [2.45, 2.75) is 109 Å². The van der Waals surface area contributed by atoms with E-state index in [9.17, 15) is 19.2 Å². The van der Waals surface area contributed by atoms with E-state index in [1.165, 1.54) is 20.3 Å². The van der Waals surface area contributed by atoms with Gasteiger partial charge in [-0.2, -0.15) is 8.78 Å². The molecule has 6 atom stereocenters. The van der Waals surface area contributed by atoms with Gasteiger partial charge in [0.05, 0.1) is 49.2 Å². The zero-order valence-corrected chi connectivity index (χ0v) is 38.3. The lowest BCUT2D eigenvalue weighted by molar-refractivity contribution is -0.218. The van der Waals surface area contributed by atoms with Gasteiger partial charge < -0.3 is 39.9 Å². The van der Waals surface area contributed by atoms with Crippen LogP contribution in [0.5, 0.6) is 0 Å². The van der Waals surface area contributed by atoms with E-state index in [1.807, 2.05) is 62.9 Å². The first-order valence-corrected chi connectivity index (χ1v) is 23.1. The summed E-state index contributed by atoms with van der Waals surface area (Å²) in [5.41, 5.74) is 4.54. The number of rotatable bonds is 11. The Morgan fingerprint density at radius 3 is 2.00 bits per heavy atom. The number of benzene rings is 3. The molecule has 0 bridgehead atoms. The van der Waals surface area contributed by atoms with Gasteiger partial charge in [-0.1, -0.05) is 65.0 Å². The molecule has 346 valence electrons. The zero-order valence-electron chi connectivity index (χ0n) is 38.3. The minimum atomic E-state index is -3.29. The molecule has 6 unspecified atom stereocenters. The van der Waals surface area contributed by atoms with Crippen LogP contribution in [0.1, 0.15) is 108 Å². The Balaban J connectivity index is 0.901. The number of hydrogen-bond donors (Lipinski definition) is 4. The van der Waals surface area contributed by atoms with E-state index in [1.54, 1.807) is 29.3 Å². The molecule has 4 fully saturated rings. The fourth-order valence-corrected chi connectivity index (χ4v) is 11.4. The van der Waals surface area contributed by atoms with Crippen LogP contribution < -0.4 is 10.6 Å². The van der Waals surface area contributed by atoms with Crippen molar-refractivity contribution < 1.29 is 37.4 Å². The second kappa shape index (κ2) is 15.7. The number of amides is 4. The number of aromatic nitrogens is 4. The van der Waals surface area contributed by atoms with Gasteiger partial charge in [0.1, 0.15) is 23.7 Å². The van der Waals surface area contributed by atoms with E-state index >= 15 is 8.78 Å². The maximum absolute atomic E-state index is 16.7. The maximum atomic E-state index is 16.7.